The molecule has 0 aromatic heterocycles. The minimum Gasteiger partial charge on any atom is -0.480 e. The highest BCUT2D eigenvalue weighted by Gasteiger charge is 2.19. The predicted molar refractivity (Wildman–Crippen MR) is 107 cm³/mol. The zero-order valence-electron chi connectivity index (χ0n) is 15.1. The summed E-state index contributed by atoms with van der Waals surface area (Å²) in [7, 11) is 0. The number of hydrogen-bond acceptors (Lipinski definition) is 2. The SMILES string of the molecule is O=C(Cc1ccc2ccccc2c1)N[C@H](CCCc1ccccc1)C(=O)O. The van der Waals surface area contributed by atoms with Crippen LogP contribution in [0.4, 0.5) is 0 Å². The maximum absolute atomic E-state index is 12.3. The van der Waals surface area contributed by atoms with E-state index in [4.69, 9.17) is 0 Å². The van der Waals surface area contributed by atoms with E-state index in [2.05, 4.69) is 5.32 Å². The summed E-state index contributed by atoms with van der Waals surface area (Å²) in [5.41, 5.74) is 2.05. The van der Waals surface area contributed by atoms with Crippen LogP contribution in [0.3, 0.4) is 0 Å². The fourth-order valence-electron chi connectivity index (χ4n) is 3.19. The number of hydrogen-bond donors (Lipinski definition) is 2. The molecule has 0 fully saturated rings. The van der Waals surface area contributed by atoms with Crippen LogP contribution in [0.1, 0.15) is 24.0 Å². The second-order valence-corrected chi connectivity index (χ2v) is 6.69. The van der Waals surface area contributed by atoms with E-state index in [1.807, 2.05) is 72.8 Å². The molecule has 0 aliphatic heterocycles. The molecule has 1 atom stereocenters. The van der Waals surface area contributed by atoms with Crippen molar-refractivity contribution in [1.82, 2.24) is 5.32 Å². The number of aliphatic carboxylic acids is 1. The summed E-state index contributed by atoms with van der Waals surface area (Å²) < 4.78 is 0. The summed E-state index contributed by atoms with van der Waals surface area (Å²) in [5.74, 6) is -1.26. The summed E-state index contributed by atoms with van der Waals surface area (Å²) in [4.78, 5) is 23.8. The molecule has 0 saturated carbocycles. The molecule has 0 aliphatic rings. The lowest BCUT2D eigenvalue weighted by Gasteiger charge is -2.15. The standard InChI is InChI=1S/C23H23NO3/c25-22(16-18-13-14-19-10-4-5-11-20(19)15-18)24-21(23(26)27)12-6-9-17-7-2-1-3-8-17/h1-5,7-8,10-11,13-15,21H,6,9,12,16H2,(H,24,25)(H,26,27)/t21-/m1/s1. The van der Waals surface area contributed by atoms with Gasteiger partial charge < -0.3 is 10.4 Å². The Balaban J connectivity index is 1.55. The van der Waals surface area contributed by atoms with E-state index >= 15 is 0 Å². The van der Waals surface area contributed by atoms with Crippen LogP contribution in [0.5, 0.6) is 0 Å². The molecule has 0 unspecified atom stereocenters. The number of fused-ring (bicyclic) bond motifs is 1. The van der Waals surface area contributed by atoms with E-state index in [-0.39, 0.29) is 12.3 Å². The van der Waals surface area contributed by atoms with Crippen molar-refractivity contribution >= 4 is 22.6 Å². The fraction of sp³-hybridized carbons (Fsp3) is 0.217. The molecule has 3 rings (SSSR count). The third kappa shape index (κ3) is 5.42. The van der Waals surface area contributed by atoms with Crippen LogP contribution in [0.2, 0.25) is 0 Å². The van der Waals surface area contributed by atoms with Gasteiger partial charge in [-0.25, -0.2) is 4.79 Å². The molecule has 3 aromatic rings. The van der Waals surface area contributed by atoms with Gasteiger partial charge in [0.25, 0.3) is 0 Å². The van der Waals surface area contributed by atoms with Crippen LogP contribution in [0.15, 0.2) is 72.8 Å². The Morgan fingerprint density at radius 3 is 2.30 bits per heavy atom. The molecule has 2 N–H and O–H groups in total. The van der Waals surface area contributed by atoms with E-state index in [1.54, 1.807) is 0 Å². The van der Waals surface area contributed by atoms with Gasteiger partial charge in [-0.2, -0.15) is 0 Å². The van der Waals surface area contributed by atoms with Gasteiger partial charge in [-0.3, -0.25) is 4.79 Å². The lowest BCUT2D eigenvalue weighted by atomic mass is 10.0. The highest BCUT2D eigenvalue weighted by atomic mass is 16.4. The van der Waals surface area contributed by atoms with Crippen molar-refractivity contribution in [2.24, 2.45) is 0 Å². The van der Waals surface area contributed by atoms with Gasteiger partial charge in [-0.1, -0.05) is 72.8 Å². The van der Waals surface area contributed by atoms with Crippen LogP contribution >= 0.6 is 0 Å². The minimum atomic E-state index is -0.991. The van der Waals surface area contributed by atoms with Crippen molar-refractivity contribution in [3.63, 3.8) is 0 Å². The average Bonchev–Trinajstić information content (AvgIpc) is 2.68. The Morgan fingerprint density at radius 1 is 0.852 bits per heavy atom. The second kappa shape index (κ2) is 8.99. The largest absolute Gasteiger partial charge is 0.480 e. The lowest BCUT2D eigenvalue weighted by Crippen LogP contribution is -2.41. The van der Waals surface area contributed by atoms with Crippen LogP contribution in [-0.2, 0) is 22.4 Å². The maximum Gasteiger partial charge on any atom is 0.326 e. The minimum absolute atomic E-state index is 0.174. The number of benzene rings is 3. The first-order valence-electron chi connectivity index (χ1n) is 9.15. The predicted octanol–water partition coefficient (Wildman–Crippen LogP) is 3.97. The quantitative estimate of drug-likeness (QED) is 0.638. The molecular weight excluding hydrogens is 338 g/mol. The van der Waals surface area contributed by atoms with Crippen LogP contribution in [0, 0.1) is 0 Å². The molecule has 3 aromatic carbocycles. The molecule has 0 aliphatic carbocycles. The molecule has 4 heteroatoms. The average molecular weight is 361 g/mol. The monoisotopic (exact) mass is 361 g/mol. The van der Waals surface area contributed by atoms with Crippen molar-refractivity contribution in [3.05, 3.63) is 83.9 Å². The van der Waals surface area contributed by atoms with E-state index in [9.17, 15) is 14.7 Å². The van der Waals surface area contributed by atoms with Gasteiger partial charge in [0.1, 0.15) is 6.04 Å². The van der Waals surface area contributed by atoms with E-state index in [1.165, 1.54) is 5.56 Å². The smallest absolute Gasteiger partial charge is 0.326 e. The van der Waals surface area contributed by atoms with Crippen LogP contribution in [-0.4, -0.2) is 23.0 Å². The molecule has 0 radical (unpaired) electrons. The number of carbonyl (C=O) groups is 2. The molecule has 0 saturated heterocycles. The van der Waals surface area contributed by atoms with Crippen molar-refractivity contribution < 1.29 is 14.7 Å². The summed E-state index contributed by atoms with van der Waals surface area (Å²) in [5, 5.41) is 14.3. The highest BCUT2D eigenvalue weighted by molar-refractivity contribution is 5.87. The van der Waals surface area contributed by atoms with Crippen LogP contribution in [0.25, 0.3) is 10.8 Å². The zero-order chi connectivity index (χ0) is 19.1. The first-order chi connectivity index (χ1) is 13.1. The lowest BCUT2D eigenvalue weighted by molar-refractivity contribution is -0.141. The van der Waals surface area contributed by atoms with Crippen molar-refractivity contribution in [2.75, 3.05) is 0 Å². The number of amides is 1. The summed E-state index contributed by atoms with van der Waals surface area (Å²) >= 11 is 0. The molecular formula is C23H23NO3. The number of carbonyl (C=O) groups excluding carboxylic acids is 1. The number of nitrogens with one attached hydrogen (secondary N) is 1. The van der Waals surface area contributed by atoms with Gasteiger partial charge in [-0.15, -0.1) is 0 Å². The molecule has 0 spiro atoms. The maximum atomic E-state index is 12.3. The highest BCUT2D eigenvalue weighted by Crippen LogP contribution is 2.16. The Morgan fingerprint density at radius 2 is 1.56 bits per heavy atom. The van der Waals surface area contributed by atoms with Gasteiger partial charge in [-0.05, 0) is 41.2 Å². The van der Waals surface area contributed by atoms with E-state index in [0.717, 1.165) is 22.8 Å². The van der Waals surface area contributed by atoms with Gasteiger partial charge in [0.2, 0.25) is 5.91 Å². The number of aryl methyl sites for hydroxylation is 1. The number of carboxylic acids is 1. The number of rotatable bonds is 8. The molecule has 27 heavy (non-hydrogen) atoms. The summed E-state index contributed by atoms with van der Waals surface area (Å²) in [6, 6.07) is 22.9. The molecule has 4 nitrogen and oxygen atoms in total. The van der Waals surface area contributed by atoms with Gasteiger partial charge in [0, 0.05) is 0 Å². The van der Waals surface area contributed by atoms with Crippen molar-refractivity contribution in [3.8, 4) is 0 Å². The zero-order valence-corrected chi connectivity index (χ0v) is 15.1. The Bertz CT molecular complexity index is 921. The van der Waals surface area contributed by atoms with Crippen LogP contribution < -0.4 is 5.32 Å². The van der Waals surface area contributed by atoms with Gasteiger partial charge >= 0.3 is 5.97 Å². The van der Waals surface area contributed by atoms with Crippen molar-refractivity contribution in [1.29, 1.82) is 0 Å². The normalized spacial score (nSPS) is 11.9. The second-order valence-electron chi connectivity index (χ2n) is 6.69. The first-order valence-corrected chi connectivity index (χ1v) is 9.15. The fourth-order valence-corrected chi connectivity index (χ4v) is 3.19. The number of carboxylic acid groups (broad SMARTS) is 1. The summed E-state index contributed by atoms with van der Waals surface area (Å²) in [6.07, 6.45) is 2.09. The Kier molecular flexibility index (Phi) is 6.21. The third-order valence-corrected chi connectivity index (χ3v) is 4.61. The van der Waals surface area contributed by atoms with E-state index < -0.39 is 12.0 Å². The molecule has 1 amide bonds. The van der Waals surface area contributed by atoms with Gasteiger partial charge in [0.05, 0.1) is 6.42 Å². The van der Waals surface area contributed by atoms with E-state index in [0.29, 0.717) is 12.8 Å². The molecule has 138 valence electrons. The first kappa shape index (κ1) is 18.6. The molecule has 0 heterocycles. The Labute approximate surface area is 158 Å². The van der Waals surface area contributed by atoms with Crippen molar-refractivity contribution in [2.45, 2.75) is 31.7 Å². The molecule has 0 bridgehead atoms. The third-order valence-electron chi connectivity index (χ3n) is 4.61. The Hall–Kier alpha value is -3.14. The summed E-state index contributed by atoms with van der Waals surface area (Å²) in [6.45, 7) is 0. The topological polar surface area (TPSA) is 66.4 Å². The van der Waals surface area contributed by atoms with Gasteiger partial charge in [0.15, 0.2) is 0 Å².